The first kappa shape index (κ1) is 18.6. The van der Waals surface area contributed by atoms with E-state index in [9.17, 15) is 14.4 Å². The molecule has 0 unspecified atom stereocenters. The first-order valence-electron chi connectivity index (χ1n) is 10.2. The molecular weight excluding hydrogens is 380 g/mol. The van der Waals surface area contributed by atoms with Gasteiger partial charge < -0.3 is 14.2 Å². The fraction of sp³-hybridized carbons (Fsp3) is 0.292. The van der Waals surface area contributed by atoms with Gasteiger partial charge in [0.15, 0.2) is 0 Å². The number of carbonyl (C=O) groups excluding carboxylic acids is 2. The van der Waals surface area contributed by atoms with E-state index in [4.69, 9.17) is 4.42 Å². The minimum atomic E-state index is -0.431. The maximum Gasteiger partial charge on any atom is 0.344 e. The molecule has 0 aliphatic carbocycles. The lowest BCUT2D eigenvalue weighted by Gasteiger charge is -2.30. The van der Waals surface area contributed by atoms with Crippen LogP contribution in [0.3, 0.4) is 0 Å². The Kier molecular flexibility index (Phi) is 4.42. The van der Waals surface area contributed by atoms with E-state index < -0.39 is 5.63 Å². The van der Waals surface area contributed by atoms with Crippen LogP contribution in [0, 0.1) is 11.8 Å². The van der Waals surface area contributed by atoms with E-state index in [2.05, 4.69) is 0 Å². The van der Waals surface area contributed by atoms with Gasteiger partial charge in [-0.3, -0.25) is 9.59 Å². The van der Waals surface area contributed by atoms with E-state index in [1.54, 1.807) is 46.2 Å². The quantitative estimate of drug-likeness (QED) is 0.618. The Morgan fingerprint density at radius 3 is 2.73 bits per heavy atom. The van der Waals surface area contributed by atoms with Gasteiger partial charge in [-0.15, -0.1) is 0 Å². The Morgan fingerprint density at radius 1 is 1.03 bits per heavy atom. The van der Waals surface area contributed by atoms with Crippen LogP contribution in [-0.2, 0) is 4.79 Å². The van der Waals surface area contributed by atoms with Gasteiger partial charge in [0.1, 0.15) is 5.58 Å². The second-order valence-electron chi connectivity index (χ2n) is 8.19. The maximum atomic E-state index is 13.2. The minimum absolute atomic E-state index is 0.105. The number of hydrogen-bond acceptors (Lipinski definition) is 4. The van der Waals surface area contributed by atoms with Crippen LogP contribution >= 0.6 is 0 Å². The molecular formula is C24H22N2O4. The lowest BCUT2D eigenvalue weighted by atomic mass is 9.88. The number of carbonyl (C=O) groups is 2. The molecule has 2 atom stereocenters. The van der Waals surface area contributed by atoms with Gasteiger partial charge in [-0.2, -0.15) is 0 Å². The van der Waals surface area contributed by atoms with Crippen LogP contribution in [0.5, 0.6) is 0 Å². The zero-order valence-electron chi connectivity index (χ0n) is 16.7. The van der Waals surface area contributed by atoms with Gasteiger partial charge in [-0.25, -0.2) is 4.79 Å². The topological polar surface area (TPSA) is 70.8 Å². The van der Waals surface area contributed by atoms with E-state index in [1.165, 1.54) is 0 Å². The summed E-state index contributed by atoms with van der Waals surface area (Å²) in [5.74, 6) is 0.146. The van der Waals surface area contributed by atoms with Crippen molar-refractivity contribution in [3.63, 3.8) is 0 Å². The highest BCUT2D eigenvalue weighted by Crippen LogP contribution is 2.32. The summed E-state index contributed by atoms with van der Waals surface area (Å²) < 4.78 is 5.44. The molecule has 2 aromatic carbocycles. The largest absolute Gasteiger partial charge is 0.422 e. The highest BCUT2D eigenvalue weighted by molar-refractivity contribution is 5.96. The lowest BCUT2D eigenvalue weighted by molar-refractivity contribution is -0.137. The highest BCUT2D eigenvalue weighted by Gasteiger charge is 2.43. The third-order valence-corrected chi connectivity index (χ3v) is 6.32. The number of rotatable bonds is 2. The summed E-state index contributed by atoms with van der Waals surface area (Å²) in [5, 5.41) is 0.829. The van der Waals surface area contributed by atoms with Gasteiger partial charge >= 0.3 is 5.63 Å². The Bertz CT molecular complexity index is 1220. The second-order valence-corrected chi connectivity index (χ2v) is 8.19. The molecule has 2 aliphatic heterocycles. The Balaban J connectivity index is 1.44. The minimum Gasteiger partial charge on any atom is -0.422 e. The summed E-state index contributed by atoms with van der Waals surface area (Å²) in [5.41, 5.74) is 1.69. The first-order valence-corrected chi connectivity index (χ1v) is 10.2. The average Bonchev–Trinajstić information content (AvgIpc) is 3.20. The standard InChI is InChI=1S/C24H22N2O4/c1-25-10-9-18-13-26(14-20(18)23(25)28)22(27)17-7-4-6-15(11-17)19-12-16-5-2-3-8-21(16)30-24(19)29/h2-8,11-12,18,20H,9-10,13-14H2,1H3/t18-,20+/m1/s1. The van der Waals surface area contributed by atoms with Crippen LogP contribution in [0.1, 0.15) is 16.8 Å². The molecule has 6 heteroatoms. The van der Waals surface area contributed by atoms with Gasteiger partial charge in [-0.05, 0) is 42.2 Å². The van der Waals surface area contributed by atoms with Crippen LogP contribution in [-0.4, -0.2) is 48.3 Å². The molecule has 0 N–H and O–H groups in total. The fourth-order valence-electron chi connectivity index (χ4n) is 4.63. The Hall–Kier alpha value is -3.41. The van der Waals surface area contributed by atoms with Crippen molar-refractivity contribution < 1.29 is 14.0 Å². The summed E-state index contributed by atoms with van der Waals surface area (Å²) >= 11 is 0. The van der Waals surface area contributed by atoms with Gasteiger partial charge in [0, 0.05) is 37.6 Å². The molecule has 6 nitrogen and oxygen atoms in total. The van der Waals surface area contributed by atoms with E-state index in [0.717, 1.165) is 18.4 Å². The molecule has 3 heterocycles. The molecule has 2 fully saturated rings. The number of amides is 2. The van der Waals surface area contributed by atoms with Crippen molar-refractivity contribution in [1.82, 2.24) is 9.80 Å². The summed E-state index contributed by atoms with van der Waals surface area (Å²) in [7, 11) is 1.82. The van der Waals surface area contributed by atoms with E-state index in [-0.39, 0.29) is 23.7 Å². The molecule has 2 aliphatic rings. The molecule has 0 spiro atoms. The third kappa shape index (κ3) is 3.09. The SMILES string of the molecule is CN1CC[C@@H]2CN(C(=O)c3cccc(-c4cc5ccccc5oc4=O)c3)C[C@@H]2C1=O. The molecule has 2 amide bonds. The second kappa shape index (κ2) is 7.13. The number of fused-ring (bicyclic) bond motifs is 2. The smallest absolute Gasteiger partial charge is 0.344 e. The predicted octanol–water partition coefficient (Wildman–Crippen LogP) is 3.01. The monoisotopic (exact) mass is 402 g/mol. The molecule has 0 radical (unpaired) electrons. The number of likely N-dealkylation sites (tertiary alicyclic amines) is 2. The van der Waals surface area contributed by atoms with Crippen molar-refractivity contribution in [3.8, 4) is 11.1 Å². The molecule has 5 rings (SSSR count). The molecule has 1 aromatic heterocycles. The Labute approximate surface area is 173 Å². The molecule has 2 saturated heterocycles. The fourth-order valence-corrected chi connectivity index (χ4v) is 4.63. The summed E-state index contributed by atoms with van der Waals surface area (Å²) in [6.07, 6.45) is 0.925. The molecule has 0 bridgehead atoms. The van der Waals surface area contributed by atoms with Crippen molar-refractivity contribution in [2.75, 3.05) is 26.7 Å². The summed E-state index contributed by atoms with van der Waals surface area (Å²) in [6.45, 7) is 1.80. The highest BCUT2D eigenvalue weighted by atomic mass is 16.4. The molecule has 3 aromatic rings. The van der Waals surface area contributed by atoms with Gasteiger partial charge in [0.25, 0.3) is 5.91 Å². The number of benzene rings is 2. The summed E-state index contributed by atoms with van der Waals surface area (Å²) in [4.78, 5) is 41.6. The first-order chi connectivity index (χ1) is 14.5. The molecule has 0 saturated carbocycles. The van der Waals surface area contributed by atoms with Gasteiger partial charge in [0.2, 0.25) is 5.91 Å². The predicted molar refractivity (Wildman–Crippen MR) is 113 cm³/mol. The number of piperidine rings is 1. The number of para-hydroxylation sites is 1. The van der Waals surface area contributed by atoms with Crippen molar-refractivity contribution in [2.45, 2.75) is 6.42 Å². The average molecular weight is 402 g/mol. The van der Waals surface area contributed by atoms with Gasteiger partial charge in [0.05, 0.1) is 11.5 Å². The van der Waals surface area contributed by atoms with Crippen molar-refractivity contribution in [3.05, 3.63) is 70.6 Å². The van der Waals surface area contributed by atoms with Crippen LogP contribution in [0.15, 0.2) is 63.8 Å². The van der Waals surface area contributed by atoms with Crippen LogP contribution < -0.4 is 5.63 Å². The van der Waals surface area contributed by atoms with Crippen molar-refractivity contribution >= 4 is 22.8 Å². The number of hydrogen-bond donors (Lipinski definition) is 0. The summed E-state index contributed by atoms with van der Waals surface area (Å²) in [6, 6.07) is 16.2. The van der Waals surface area contributed by atoms with Crippen LogP contribution in [0.2, 0.25) is 0 Å². The van der Waals surface area contributed by atoms with Crippen LogP contribution in [0.4, 0.5) is 0 Å². The third-order valence-electron chi connectivity index (χ3n) is 6.32. The van der Waals surface area contributed by atoms with E-state index in [1.807, 2.05) is 25.2 Å². The van der Waals surface area contributed by atoms with E-state index >= 15 is 0 Å². The molecule has 152 valence electrons. The molecule has 30 heavy (non-hydrogen) atoms. The Morgan fingerprint density at radius 2 is 1.87 bits per heavy atom. The normalized spacial score (nSPS) is 21.2. The lowest BCUT2D eigenvalue weighted by Crippen LogP contribution is -2.42. The van der Waals surface area contributed by atoms with Gasteiger partial charge in [-0.1, -0.05) is 30.3 Å². The maximum absolute atomic E-state index is 13.2. The van der Waals surface area contributed by atoms with Crippen molar-refractivity contribution in [2.24, 2.45) is 11.8 Å². The van der Waals surface area contributed by atoms with E-state index in [0.29, 0.717) is 35.4 Å². The number of nitrogens with zero attached hydrogens (tertiary/aromatic N) is 2. The zero-order valence-corrected chi connectivity index (χ0v) is 16.7. The van der Waals surface area contributed by atoms with Crippen molar-refractivity contribution in [1.29, 1.82) is 0 Å². The van der Waals surface area contributed by atoms with Crippen LogP contribution in [0.25, 0.3) is 22.1 Å². The zero-order chi connectivity index (χ0) is 20.8.